The highest BCUT2D eigenvalue weighted by Crippen LogP contribution is 2.29. The molecule has 0 atom stereocenters. The number of hydrogen-bond donors (Lipinski definition) is 1. The molecule has 5 nitrogen and oxygen atoms in total. The SMILES string of the molecule is Cc1cc(Sc2ccc(F)c(C(=O)O)c2)n2ncnc2c1. The first-order chi connectivity index (χ1) is 10.0. The van der Waals surface area contributed by atoms with Crippen molar-refractivity contribution in [1.82, 2.24) is 14.6 Å². The second kappa shape index (κ2) is 5.17. The molecular formula is C14H10FN3O2S. The van der Waals surface area contributed by atoms with Crippen molar-refractivity contribution < 1.29 is 14.3 Å². The smallest absolute Gasteiger partial charge is 0.338 e. The van der Waals surface area contributed by atoms with Gasteiger partial charge in [0.2, 0.25) is 0 Å². The lowest BCUT2D eigenvalue weighted by Crippen LogP contribution is -2.00. The van der Waals surface area contributed by atoms with Gasteiger partial charge in [0.05, 0.1) is 5.56 Å². The number of rotatable bonds is 3. The molecule has 0 amide bonds. The minimum Gasteiger partial charge on any atom is -0.478 e. The third-order valence-electron chi connectivity index (χ3n) is 2.88. The van der Waals surface area contributed by atoms with Gasteiger partial charge in [-0.25, -0.2) is 18.7 Å². The van der Waals surface area contributed by atoms with Crippen molar-refractivity contribution in [1.29, 1.82) is 0 Å². The maximum atomic E-state index is 13.4. The van der Waals surface area contributed by atoms with Gasteiger partial charge in [-0.15, -0.1) is 0 Å². The molecule has 0 bridgehead atoms. The number of hydrogen-bond acceptors (Lipinski definition) is 4. The van der Waals surface area contributed by atoms with Crippen molar-refractivity contribution in [3.8, 4) is 0 Å². The van der Waals surface area contributed by atoms with Crippen molar-refractivity contribution >= 4 is 23.4 Å². The number of halogens is 1. The second-order valence-corrected chi connectivity index (χ2v) is 5.54. The van der Waals surface area contributed by atoms with E-state index in [1.807, 2.05) is 19.1 Å². The molecule has 0 aliphatic heterocycles. The molecule has 0 radical (unpaired) electrons. The van der Waals surface area contributed by atoms with E-state index in [0.717, 1.165) is 16.7 Å². The van der Waals surface area contributed by atoms with Gasteiger partial charge >= 0.3 is 5.97 Å². The zero-order valence-corrected chi connectivity index (χ0v) is 11.8. The molecule has 106 valence electrons. The fourth-order valence-corrected chi connectivity index (χ4v) is 2.97. The molecule has 1 N–H and O–H groups in total. The van der Waals surface area contributed by atoms with E-state index in [4.69, 9.17) is 5.11 Å². The Morgan fingerprint density at radius 1 is 1.33 bits per heavy atom. The molecule has 0 spiro atoms. The van der Waals surface area contributed by atoms with Crippen LogP contribution in [0, 0.1) is 12.7 Å². The van der Waals surface area contributed by atoms with Crippen LogP contribution in [0.15, 0.2) is 46.6 Å². The minimum atomic E-state index is -1.29. The summed E-state index contributed by atoms with van der Waals surface area (Å²) < 4.78 is 15.1. The molecule has 0 saturated heterocycles. The minimum absolute atomic E-state index is 0.345. The number of pyridine rings is 1. The number of nitrogens with zero attached hydrogens (tertiary/aromatic N) is 3. The number of benzene rings is 1. The highest BCUT2D eigenvalue weighted by atomic mass is 32.2. The quantitative estimate of drug-likeness (QED) is 0.805. The van der Waals surface area contributed by atoms with Gasteiger partial charge in [0.15, 0.2) is 5.65 Å². The number of aryl methyl sites for hydroxylation is 1. The maximum Gasteiger partial charge on any atom is 0.338 e. The summed E-state index contributed by atoms with van der Waals surface area (Å²) in [5, 5.41) is 13.9. The van der Waals surface area contributed by atoms with Gasteiger partial charge in [0, 0.05) is 4.90 Å². The van der Waals surface area contributed by atoms with Crippen LogP contribution < -0.4 is 0 Å². The van der Waals surface area contributed by atoms with Gasteiger partial charge in [0.25, 0.3) is 0 Å². The van der Waals surface area contributed by atoms with Crippen molar-refractivity contribution in [3.05, 3.63) is 53.6 Å². The Morgan fingerprint density at radius 2 is 2.14 bits per heavy atom. The summed E-state index contributed by atoms with van der Waals surface area (Å²) in [7, 11) is 0. The predicted molar refractivity (Wildman–Crippen MR) is 75.2 cm³/mol. The van der Waals surface area contributed by atoms with Gasteiger partial charge in [-0.1, -0.05) is 11.8 Å². The fourth-order valence-electron chi connectivity index (χ4n) is 1.95. The Balaban J connectivity index is 2.04. The molecule has 2 heterocycles. The van der Waals surface area contributed by atoms with E-state index in [0.29, 0.717) is 10.5 Å². The summed E-state index contributed by atoms with van der Waals surface area (Å²) in [5.74, 6) is -2.04. The zero-order valence-electron chi connectivity index (χ0n) is 10.9. The fraction of sp³-hybridized carbons (Fsp3) is 0.0714. The Hall–Kier alpha value is -2.41. The largest absolute Gasteiger partial charge is 0.478 e. The zero-order chi connectivity index (χ0) is 15.0. The summed E-state index contributed by atoms with van der Waals surface area (Å²) in [6.45, 7) is 1.94. The number of aromatic nitrogens is 3. The lowest BCUT2D eigenvalue weighted by atomic mass is 10.2. The molecule has 3 aromatic rings. The van der Waals surface area contributed by atoms with Crippen molar-refractivity contribution in [2.45, 2.75) is 16.8 Å². The van der Waals surface area contributed by atoms with E-state index < -0.39 is 11.8 Å². The second-order valence-electron chi connectivity index (χ2n) is 4.45. The molecule has 0 fully saturated rings. The van der Waals surface area contributed by atoms with Crippen molar-refractivity contribution in [2.75, 3.05) is 0 Å². The summed E-state index contributed by atoms with van der Waals surface area (Å²) >= 11 is 1.31. The standard InChI is InChI=1S/C14H10FN3O2S/c1-8-4-12-16-7-17-18(12)13(5-8)21-9-2-3-11(15)10(6-9)14(19)20/h2-7H,1H3,(H,19,20). The molecule has 0 saturated carbocycles. The molecule has 0 unspecified atom stereocenters. The van der Waals surface area contributed by atoms with Gasteiger partial charge in [-0.3, -0.25) is 0 Å². The van der Waals surface area contributed by atoms with Crippen molar-refractivity contribution in [3.63, 3.8) is 0 Å². The van der Waals surface area contributed by atoms with Crippen LogP contribution in [0.4, 0.5) is 4.39 Å². The van der Waals surface area contributed by atoms with Crippen LogP contribution >= 0.6 is 11.8 Å². The first kappa shape index (κ1) is 13.6. The van der Waals surface area contributed by atoms with Crippen LogP contribution in [0.25, 0.3) is 5.65 Å². The Labute approximate surface area is 123 Å². The predicted octanol–water partition coefficient (Wildman–Crippen LogP) is 3.03. The normalized spacial score (nSPS) is 11.0. The van der Waals surface area contributed by atoms with E-state index in [-0.39, 0.29) is 5.56 Å². The van der Waals surface area contributed by atoms with Gasteiger partial charge < -0.3 is 5.11 Å². The molecule has 7 heteroatoms. The number of aromatic carboxylic acids is 1. The Morgan fingerprint density at radius 3 is 2.90 bits per heavy atom. The van der Waals surface area contributed by atoms with Crippen LogP contribution in [0.5, 0.6) is 0 Å². The summed E-state index contributed by atoms with van der Waals surface area (Å²) in [5.41, 5.74) is 1.37. The highest BCUT2D eigenvalue weighted by Gasteiger charge is 2.13. The van der Waals surface area contributed by atoms with E-state index in [1.54, 1.807) is 4.52 Å². The first-order valence-corrected chi connectivity index (χ1v) is 6.87. The third kappa shape index (κ3) is 2.59. The first-order valence-electron chi connectivity index (χ1n) is 6.05. The van der Waals surface area contributed by atoms with Crippen LogP contribution in [0.3, 0.4) is 0 Å². The summed E-state index contributed by atoms with van der Waals surface area (Å²) in [4.78, 5) is 15.7. The topological polar surface area (TPSA) is 67.5 Å². The van der Waals surface area contributed by atoms with Crippen molar-refractivity contribution in [2.24, 2.45) is 0 Å². The maximum absolute atomic E-state index is 13.4. The molecule has 0 aliphatic rings. The Bertz CT molecular complexity index is 847. The molecule has 3 rings (SSSR count). The number of carboxylic acid groups (broad SMARTS) is 1. The van der Waals surface area contributed by atoms with Gasteiger partial charge in [0.1, 0.15) is 17.2 Å². The van der Waals surface area contributed by atoms with Crippen LogP contribution in [-0.2, 0) is 0 Å². The lowest BCUT2D eigenvalue weighted by Gasteiger charge is -2.06. The monoisotopic (exact) mass is 303 g/mol. The van der Waals surface area contributed by atoms with E-state index in [2.05, 4.69) is 10.1 Å². The van der Waals surface area contributed by atoms with E-state index in [9.17, 15) is 9.18 Å². The molecule has 1 aromatic carbocycles. The van der Waals surface area contributed by atoms with Crippen LogP contribution in [0.2, 0.25) is 0 Å². The Kier molecular flexibility index (Phi) is 3.34. The third-order valence-corrected chi connectivity index (χ3v) is 3.87. The van der Waals surface area contributed by atoms with E-state index in [1.165, 1.54) is 30.2 Å². The highest BCUT2D eigenvalue weighted by molar-refractivity contribution is 7.99. The molecular weight excluding hydrogens is 293 g/mol. The van der Waals surface area contributed by atoms with Crippen LogP contribution in [-0.4, -0.2) is 25.7 Å². The number of fused-ring (bicyclic) bond motifs is 1. The average Bonchev–Trinajstić information content (AvgIpc) is 2.88. The van der Waals surface area contributed by atoms with Gasteiger partial charge in [-0.05, 0) is 42.8 Å². The lowest BCUT2D eigenvalue weighted by molar-refractivity contribution is 0.0691. The van der Waals surface area contributed by atoms with Crippen LogP contribution in [0.1, 0.15) is 15.9 Å². The summed E-state index contributed by atoms with van der Waals surface area (Å²) in [6, 6.07) is 7.81. The van der Waals surface area contributed by atoms with E-state index >= 15 is 0 Å². The molecule has 0 aliphatic carbocycles. The molecule has 21 heavy (non-hydrogen) atoms. The number of carboxylic acids is 1. The average molecular weight is 303 g/mol. The number of carbonyl (C=O) groups is 1. The summed E-state index contributed by atoms with van der Waals surface area (Å²) in [6.07, 6.45) is 1.45. The van der Waals surface area contributed by atoms with Gasteiger partial charge in [-0.2, -0.15) is 5.10 Å². The molecule has 2 aromatic heterocycles.